The Balaban J connectivity index is 2.23. The van der Waals surface area contributed by atoms with E-state index >= 15 is 0 Å². The number of carbonyl (C=O) groups is 1. The van der Waals surface area contributed by atoms with Gasteiger partial charge in [0, 0.05) is 6.42 Å². The molecule has 0 aromatic rings. The van der Waals surface area contributed by atoms with Crippen LogP contribution in [0.4, 0.5) is 0 Å². The molecule has 0 radical (unpaired) electrons. The van der Waals surface area contributed by atoms with Crippen LogP contribution in [0.5, 0.6) is 0 Å². The van der Waals surface area contributed by atoms with Crippen LogP contribution in [0.2, 0.25) is 0 Å². The van der Waals surface area contributed by atoms with E-state index in [-0.39, 0.29) is 12.5 Å². The molecular weight excluding hydrogens is 707 g/mol. The second-order valence-corrected chi connectivity index (χ2v) is 15.8. The molecule has 0 aromatic heterocycles. The highest BCUT2D eigenvalue weighted by Gasteiger charge is 2.44. The van der Waals surface area contributed by atoms with Crippen LogP contribution in [0.15, 0.2) is 48.6 Å². The van der Waals surface area contributed by atoms with E-state index in [0.29, 0.717) is 6.42 Å². The highest BCUT2D eigenvalue weighted by molar-refractivity contribution is 5.76. The van der Waals surface area contributed by atoms with Crippen molar-refractivity contribution in [2.24, 2.45) is 0 Å². The van der Waals surface area contributed by atoms with E-state index in [9.17, 15) is 30.3 Å². The maximum absolute atomic E-state index is 12.9. The second kappa shape index (κ2) is 37.4. The van der Waals surface area contributed by atoms with Gasteiger partial charge in [-0.15, -0.1) is 0 Å². The van der Waals surface area contributed by atoms with E-state index < -0.39 is 49.5 Å². The Morgan fingerprint density at radius 1 is 0.607 bits per heavy atom. The number of hydrogen-bond donors (Lipinski definition) is 6. The smallest absolute Gasteiger partial charge is 0.220 e. The molecule has 6 N–H and O–H groups in total. The van der Waals surface area contributed by atoms with Gasteiger partial charge in [0.15, 0.2) is 6.29 Å². The average molecular weight is 792 g/mol. The van der Waals surface area contributed by atoms with Gasteiger partial charge in [-0.25, -0.2) is 0 Å². The summed E-state index contributed by atoms with van der Waals surface area (Å²) in [7, 11) is 0. The molecule has 0 aromatic carbocycles. The Morgan fingerprint density at radius 3 is 1.55 bits per heavy atom. The molecule has 1 amide bonds. The van der Waals surface area contributed by atoms with Crippen molar-refractivity contribution in [1.29, 1.82) is 0 Å². The van der Waals surface area contributed by atoms with Gasteiger partial charge in [0.2, 0.25) is 5.91 Å². The van der Waals surface area contributed by atoms with Crippen LogP contribution in [-0.4, -0.2) is 87.5 Å². The van der Waals surface area contributed by atoms with E-state index in [0.717, 1.165) is 51.4 Å². The lowest BCUT2D eigenvalue weighted by Gasteiger charge is -2.40. The van der Waals surface area contributed by atoms with Crippen LogP contribution in [0, 0.1) is 0 Å². The van der Waals surface area contributed by atoms with Crippen molar-refractivity contribution in [2.45, 2.75) is 230 Å². The molecule has 1 aliphatic heterocycles. The van der Waals surface area contributed by atoms with Gasteiger partial charge >= 0.3 is 0 Å². The molecule has 326 valence electrons. The molecule has 1 aliphatic rings. The molecule has 56 heavy (non-hydrogen) atoms. The van der Waals surface area contributed by atoms with E-state index in [2.05, 4.69) is 55.6 Å². The molecule has 9 heteroatoms. The number of aliphatic hydroxyl groups is 5. The molecule has 1 saturated heterocycles. The van der Waals surface area contributed by atoms with Gasteiger partial charge in [-0.3, -0.25) is 4.79 Å². The zero-order valence-corrected chi connectivity index (χ0v) is 35.6. The Kier molecular flexibility index (Phi) is 34.9. The number of rotatable bonds is 37. The fourth-order valence-corrected chi connectivity index (χ4v) is 6.93. The zero-order valence-electron chi connectivity index (χ0n) is 35.6. The first-order chi connectivity index (χ1) is 27.3. The Bertz CT molecular complexity index is 1010. The topological polar surface area (TPSA) is 149 Å². The fourth-order valence-electron chi connectivity index (χ4n) is 6.93. The summed E-state index contributed by atoms with van der Waals surface area (Å²) in [6.45, 7) is 3.70. The number of hydrogen-bond acceptors (Lipinski definition) is 8. The van der Waals surface area contributed by atoms with Gasteiger partial charge in [-0.05, 0) is 57.8 Å². The molecule has 0 aliphatic carbocycles. The van der Waals surface area contributed by atoms with Crippen LogP contribution in [0.1, 0.15) is 187 Å². The molecular formula is C47H85NO8. The number of aliphatic hydroxyl groups excluding tert-OH is 5. The molecule has 9 nitrogen and oxygen atoms in total. The maximum atomic E-state index is 12.9. The van der Waals surface area contributed by atoms with Crippen LogP contribution in [0.25, 0.3) is 0 Å². The lowest BCUT2D eigenvalue weighted by atomic mass is 9.99. The molecule has 1 fully saturated rings. The van der Waals surface area contributed by atoms with Gasteiger partial charge in [0.1, 0.15) is 24.4 Å². The van der Waals surface area contributed by atoms with Gasteiger partial charge in [-0.2, -0.15) is 0 Å². The molecule has 0 spiro atoms. The van der Waals surface area contributed by atoms with Crippen molar-refractivity contribution in [3.8, 4) is 0 Å². The number of amides is 1. The number of allylic oxidation sites excluding steroid dienone is 7. The van der Waals surface area contributed by atoms with Crippen molar-refractivity contribution in [2.75, 3.05) is 13.2 Å². The van der Waals surface area contributed by atoms with Crippen molar-refractivity contribution in [3.63, 3.8) is 0 Å². The lowest BCUT2D eigenvalue weighted by Crippen LogP contribution is -2.60. The van der Waals surface area contributed by atoms with Gasteiger partial charge in [-0.1, -0.05) is 172 Å². The predicted molar refractivity (Wildman–Crippen MR) is 230 cm³/mol. The fraction of sp³-hybridized carbons (Fsp3) is 0.809. The molecule has 0 saturated carbocycles. The third-order valence-electron chi connectivity index (χ3n) is 10.6. The van der Waals surface area contributed by atoms with E-state index in [1.807, 2.05) is 6.08 Å². The molecule has 7 atom stereocenters. The summed E-state index contributed by atoms with van der Waals surface area (Å²) in [5, 5.41) is 53.9. The summed E-state index contributed by atoms with van der Waals surface area (Å²) in [5.74, 6) is -0.186. The van der Waals surface area contributed by atoms with Crippen LogP contribution in [0.3, 0.4) is 0 Å². The third-order valence-corrected chi connectivity index (χ3v) is 10.6. The second-order valence-electron chi connectivity index (χ2n) is 15.8. The largest absolute Gasteiger partial charge is 0.394 e. The normalized spacial score (nSPS) is 21.6. The highest BCUT2D eigenvalue weighted by atomic mass is 16.7. The van der Waals surface area contributed by atoms with Crippen molar-refractivity contribution in [1.82, 2.24) is 5.32 Å². The SMILES string of the molecule is CCCCCCC/C=C\C/C=C\C/C=C\CCCCCCCCCCCCC(=O)NC(COC1OC(CO)C(O)C(O)C1O)C(O)/C=C/CCCCCCCC. The monoisotopic (exact) mass is 792 g/mol. The average Bonchev–Trinajstić information content (AvgIpc) is 3.20. The Hall–Kier alpha value is -1.85. The standard InChI is InChI=1S/C47H85NO8/c1-3-5-7-9-11-13-14-15-16-17-18-19-20-21-22-23-24-25-26-27-28-29-31-33-35-37-43(51)48-40(41(50)36-34-32-30-12-10-8-6-4-2)39-55-47-46(54)45(53)44(52)42(38-49)56-47/h14-15,17-18,20-21,34,36,40-42,44-47,49-50,52-54H,3-13,16,19,22-33,35,37-39H2,1-2H3,(H,48,51)/b15-14-,18-17-,21-20-,36-34+. The summed E-state index contributed by atoms with van der Waals surface area (Å²) >= 11 is 0. The molecule has 1 heterocycles. The van der Waals surface area contributed by atoms with Gasteiger partial charge in [0.25, 0.3) is 0 Å². The lowest BCUT2D eigenvalue weighted by molar-refractivity contribution is -0.302. The summed E-state index contributed by atoms with van der Waals surface area (Å²) < 4.78 is 11.2. The third kappa shape index (κ3) is 27.7. The predicted octanol–water partition coefficient (Wildman–Crippen LogP) is 9.45. The maximum Gasteiger partial charge on any atom is 0.220 e. The van der Waals surface area contributed by atoms with Crippen LogP contribution >= 0.6 is 0 Å². The van der Waals surface area contributed by atoms with E-state index in [1.54, 1.807) is 6.08 Å². The molecule has 7 unspecified atom stereocenters. The number of unbranched alkanes of at least 4 members (excludes halogenated alkanes) is 21. The quantitative estimate of drug-likeness (QED) is 0.0269. The van der Waals surface area contributed by atoms with E-state index in [4.69, 9.17) is 9.47 Å². The van der Waals surface area contributed by atoms with Gasteiger partial charge < -0.3 is 40.3 Å². The first-order valence-electron chi connectivity index (χ1n) is 22.9. The minimum absolute atomic E-state index is 0.186. The molecule has 0 bridgehead atoms. The zero-order chi connectivity index (χ0) is 40.9. The number of ether oxygens (including phenoxy) is 2. The summed E-state index contributed by atoms with van der Waals surface area (Å²) in [5.41, 5.74) is 0. The minimum Gasteiger partial charge on any atom is -0.394 e. The summed E-state index contributed by atoms with van der Waals surface area (Å²) in [6.07, 6.45) is 40.3. The van der Waals surface area contributed by atoms with Crippen LogP contribution in [-0.2, 0) is 14.3 Å². The van der Waals surface area contributed by atoms with Crippen molar-refractivity contribution >= 4 is 5.91 Å². The first-order valence-corrected chi connectivity index (χ1v) is 22.9. The number of nitrogens with one attached hydrogen (secondary N) is 1. The first kappa shape index (κ1) is 52.2. The molecule has 1 rings (SSSR count). The number of carbonyl (C=O) groups excluding carboxylic acids is 1. The summed E-state index contributed by atoms with van der Waals surface area (Å²) in [6, 6.07) is -0.805. The van der Waals surface area contributed by atoms with E-state index in [1.165, 1.54) is 116 Å². The minimum atomic E-state index is -1.57. The Morgan fingerprint density at radius 2 is 1.05 bits per heavy atom. The van der Waals surface area contributed by atoms with Crippen LogP contribution < -0.4 is 5.32 Å². The van der Waals surface area contributed by atoms with Crippen molar-refractivity contribution in [3.05, 3.63) is 48.6 Å². The highest BCUT2D eigenvalue weighted by Crippen LogP contribution is 2.22. The summed E-state index contributed by atoms with van der Waals surface area (Å²) in [4.78, 5) is 12.9. The van der Waals surface area contributed by atoms with Gasteiger partial charge in [0.05, 0.1) is 25.4 Å². The Labute approximate surface area is 342 Å². The van der Waals surface area contributed by atoms with Crippen molar-refractivity contribution < 1.29 is 39.8 Å².